The molecule has 0 N–H and O–H groups in total. The van der Waals surface area contributed by atoms with Gasteiger partial charge in [0.1, 0.15) is 5.60 Å². The maximum Gasteiger partial charge on any atom is 0.314 e. The summed E-state index contributed by atoms with van der Waals surface area (Å²) in [6.07, 6.45) is 7.42. The van der Waals surface area contributed by atoms with Crippen molar-refractivity contribution in [2.45, 2.75) is 57.5 Å². The molecule has 0 bridgehead atoms. The van der Waals surface area contributed by atoms with Crippen molar-refractivity contribution in [1.29, 1.82) is 0 Å². The Hall–Kier alpha value is -0.610. The molecule has 3 aliphatic rings. The molecule has 0 saturated carbocycles. The van der Waals surface area contributed by atoms with Crippen LogP contribution >= 0.6 is 0 Å². The summed E-state index contributed by atoms with van der Waals surface area (Å²) in [5.41, 5.74) is -0.490. The Bertz CT molecular complexity index is 359. The van der Waals surface area contributed by atoms with Crippen LogP contribution in [-0.4, -0.2) is 49.3 Å². The highest BCUT2D eigenvalue weighted by molar-refractivity contribution is 5.80. The van der Waals surface area contributed by atoms with Crippen LogP contribution in [0.25, 0.3) is 0 Å². The number of hydrogen-bond donors (Lipinski definition) is 0. The number of rotatable bonds is 3. The number of hydrogen-bond acceptors (Lipinski definition) is 4. The smallest absolute Gasteiger partial charge is 0.314 e. The van der Waals surface area contributed by atoms with E-state index in [1.165, 1.54) is 19.3 Å². The molecule has 3 heterocycles. The van der Waals surface area contributed by atoms with E-state index >= 15 is 0 Å². The van der Waals surface area contributed by atoms with Crippen LogP contribution < -0.4 is 0 Å². The van der Waals surface area contributed by atoms with Gasteiger partial charge < -0.3 is 14.4 Å². The average Bonchev–Trinajstić information content (AvgIpc) is 2.73. The predicted octanol–water partition coefficient (Wildman–Crippen LogP) is 2.36. The Kier molecular flexibility index (Phi) is 4.04. The molecule has 3 aliphatic heterocycles. The standard InChI is InChI=1S/C16H27NO3/c1-2-15(13-17-8-4-3-5-9-17)12-16(20-14(15)18)6-10-19-11-7-16/h2-13H2,1H3. The van der Waals surface area contributed by atoms with Crippen molar-refractivity contribution in [2.75, 3.05) is 32.8 Å². The first-order chi connectivity index (χ1) is 9.68. The molecule has 4 nitrogen and oxygen atoms in total. The van der Waals surface area contributed by atoms with Gasteiger partial charge in [-0.1, -0.05) is 13.3 Å². The highest BCUT2D eigenvalue weighted by Gasteiger charge is 2.56. The molecule has 20 heavy (non-hydrogen) atoms. The lowest BCUT2D eigenvalue weighted by atomic mass is 9.75. The SMILES string of the molecule is CCC1(CN2CCCCC2)CC2(CCOCC2)OC1=O. The zero-order valence-corrected chi connectivity index (χ0v) is 12.7. The molecule has 0 aliphatic carbocycles. The Morgan fingerprint density at radius 3 is 2.50 bits per heavy atom. The third-order valence-electron chi connectivity index (χ3n) is 5.46. The molecule has 3 saturated heterocycles. The quantitative estimate of drug-likeness (QED) is 0.745. The summed E-state index contributed by atoms with van der Waals surface area (Å²) < 4.78 is 11.3. The van der Waals surface area contributed by atoms with Crippen molar-refractivity contribution >= 4 is 5.97 Å². The van der Waals surface area contributed by atoms with Crippen LogP contribution in [0.1, 0.15) is 51.9 Å². The van der Waals surface area contributed by atoms with Crippen LogP contribution in [0.4, 0.5) is 0 Å². The lowest BCUT2D eigenvalue weighted by molar-refractivity contribution is -0.160. The third-order valence-corrected chi connectivity index (χ3v) is 5.46. The van der Waals surface area contributed by atoms with Gasteiger partial charge in [-0.3, -0.25) is 4.79 Å². The third kappa shape index (κ3) is 2.60. The second-order valence-electron chi connectivity index (χ2n) is 6.83. The monoisotopic (exact) mass is 281 g/mol. The molecule has 0 aromatic heterocycles. The van der Waals surface area contributed by atoms with Crippen LogP contribution in [0.15, 0.2) is 0 Å². The van der Waals surface area contributed by atoms with Crippen molar-refractivity contribution in [1.82, 2.24) is 4.90 Å². The molecule has 1 spiro atoms. The first kappa shape index (κ1) is 14.3. The van der Waals surface area contributed by atoms with Crippen LogP contribution in [0, 0.1) is 5.41 Å². The molecule has 4 heteroatoms. The Labute approximate surface area is 121 Å². The van der Waals surface area contributed by atoms with Gasteiger partial charge in [0.25, 0.3) is 0 Å². The zero-order valence-electron chi connectivity index (χ0n) is 12.7. The van der Waals surface area contributed by atoms with E-state index in [1.807, 2.05) is 0 Å². The topological polar surface area (TPSA) is 38.8 Å². The van der Waals surface area contributed by atoms with E-state index in [0.717, 1.165) is 58.5 Å². The molecule has 0 aromatic rings. The van der Waals surface area contributed by atoms with Crippen LogP contribution in [0.2, 0.25) is 0 Å². The van der Waals surface area contributed by atoms with Gasteiger partial charge in [0.2, 0.25) is 0 Å². The summed E-state index contributed by atoms with van der Waals surface area (Å²) in [5, 5.41) is 0. The van der Waals surface area contributed by atoms with Crippen molar-refractivity contribution in [3.05, 3.63) is 0 Å². The lowest BCUT2D eigenvalue weighted by Crippen LogP contribution is -2.43. The van der Waals surface area contributed by atoms with E-state index in [0.29, 0.717) is 0 Å². The van der Waals surface area contributed by atoms with Gasteiger partial charge in [-0.05, 0) is 32.4 Å². The predicted molar refractivity (Wildman–Crippen MR) is 76.5 cm³/mol. The molecule has 0 radical (unpaired) electrons. The maximum atomic E-state index is 12.6. The molecule has 0 aromatic carbocycles. The normalized spacial score (nSPS) is 34.4. The molecular formula is C16H27NO3. The van der Waals surface area contributed by atoms with Gasteiger partial charge in [-0.2, -0.15) is 0 Å². The van der Waals surface area contributed by atoms with Gasteiger partial charge in [0.05, 0.1) is 18.6 Å². The minimum Gasteiger partial charge on any atom is -0.458 e. The minimum atomic E-state index is -0.269. The number of ether oxygens (including phenoxy) is 2. The summed E-state index contributed by atoms with van der Waals surface area (Å²) in [7, 11) is 0. The average molecular weight is 281 g/mol. The number of carbonyl (C=O) groups is 1. The van der Waals surface area contributed by atoms with Crippen molar-refractivity contribution in [3.8, 4) is 0 Å². The molecule has 3 rings (SSSR count). The Morgan fingerprint density at radius 2 is 1.85 bits per heavy atom. The molecule has 114 valence electrons. The number of carbonyl (C=O) groups excluding carboxylic acids is 1. The Morgan fingerprint density at radius 1 is 1.15 bits per heavy atom. The largest absolute Gasteiger partial charge is 0.458 e. The molecule has 1 atom stereocenters. The summed E-state index contributed by atoms with van der Waals surface area (Å²) in [4.78, 5) is 15.1. The number of likely N-dealkylation sites (tertiary alicyclic amines) is 1. The van der Waals surface area contributed by atoms with Gasteiger partial charge in [0.15, 0.2) is 0 Å². The van der Waals surface area contributed by atoms with Gasteiger partial charge in [-0.15, -0.1) is 0 Å². The van der Waals surface area contributed by atoms with Gasteiger partial charge in [0, 0.05) is 25.8 Å². The van der Waals surface area contributed by atoms with E-state index in [9.17, 15) is 4.79 Å². The van der Waals surface area contributed by atoms with Crippen LogP contribution in [-0.2, 0) is 14.3 Å². The molecule has 1 unspecified atom stereocenters. The first-order valence-corrected chi connectivity index (χ1v) is 8.22. The number of nitrogens with zero attached hydrogens (tertiary/aromatic N) is 1. The molecular weight excluding hydrogens is 254 g/mol. The van der Waals surface area contributed by atoms with Crippen molar-refractivity contribution in [3.63, 3.8) is 0 Å². The van der Waals surface area contributed by atoms with Crippen molar-refractivity contribution < 1.29 is 14.3 Å². The number of piperidine rings is 1. The highest BCUT2D eigenvalue weighted by atomic mass is 16.6. The van der Waals surface area contributed by atoms with Gasteiger partial charge >= 0.3 is 5.97 Å². The summed E-state index contributed by atoms with van der Waals surface area (Å²) in [5.74, 6) is 0.0486. The minimum absolute atomic E-state index is 0.0486. The maximum absolute atomic E-state index is 12.6. The first-order valence-electron chi connectivity index (χ1n) is 8.22. The highest BCUT2D eigenvalue weighted by Crippen LogP contribution is 2.48. The fourth-order valence-corrected chi connectivity index (χ4v) is 4.10. The van der Waals surface area contributed by atoms with Gasteiger partial charge in [-0.25, -0.2) is 0 Å². The fraction of sp³-hybridized carbons (Fsp3) is 0.938. The van der Waals surface area contributed by atoms with Crippen LogP contribution in [0.3, 0.4) is 0 Å². The number of esters is 1. The van der Waals surface area contributed by atoms with Crippen LogP contribution in [0.5, 0.6) is 0 Å². The zero-order chi connectivity index (χ0) is 14.1. The molecule has 0 amide bonds. The fourth-order valence-electron chi connectivity index (χ4n) is 4.10. The second kappa shape index (κ2) is 5.64. The summed E-state index contributed by atoms with van der Waals surface area (Å²) >= 11 is 0. The summed E-state index contributed by atoms with van der Waals surface area (Å²) in [6, 6.07) is 0. The second-order valence-corrected chi connectivity index (χ2v) is 6.83. The van der Waals surface area contributed by atoms with E-state index in [-0.39, 0.29) is 17.0 Å². The van der Waals surface area contributed by atoms with Crippen molar-refractivity contribution in [2.24, 2.45) is 5.41 Å². The van der Waals surface area contributed by atoms with E-state index in [1.54, 1.807) is 0 Å². The van der Waals surface area contributed by atoms with E-state index in [4.69, 9.17) is 9.47 Å². The lowest BCUT2D eigenvalue weighted by Gasteiger charge is -2.36. The van der Waals surface area contributed by atoms with E-state index in [2.05, 4.69) is 11.8 Å². The van der Waals surface area contributed by atoms with E-state index < -0.39 is 0 Å². The molecule has 3 fully saturated rings. The summed E-state index contributed by atoms with van der Waals surface area (Å²) in [6.45, 7) is 6.79. The Balaban J connectivity index is 1.72.